The van der Waals surface area contributed by atoms with Crippen molar-refractivity contribution in [3.05, 3.63) is 305 Å². The van der Waals surface area contributed by atoms with E-state index in [0.717, 1.165) is 67.9 Å². The van der Waals surface area contributed by atoms with E-state index in [-0.39, 0.29) is 0 Å². The number of anilines is 3. The highest BCUT2D eigenvalue weighted by Gasteiger charge is 2.53. The van der Waals surface area contributed by atoms with Gasteiger partial charge in [0.2, 0.25) is 0 Å². The van der Waals surface area contributed by atoms with Crippen molar-refractivity contribution < 1.29 is 9.47 Å². The molecule has 0 amide bonds. The average molecular weight is 930 g/mol. The molecule has 340 valence electrons. The fourth-order valence-electron chi connectivity index (χ4n) is 13.5. The minimum absolute atomic E-state index is 0.622. The fraction of sp³-hybridized carbons (Fsp3) is 0.0286. The first kappa shape index (κ1) is 40.3. The maximum atomic E-state index is 6.77. The molecule has 12 aromatic rings. The minimum Gasteiger partial charge on any atom is -0.457 e. The predicted molar refractivity (Wildman–Crippen MR) is 296 cm³/mol. The number of rotatable bonds is 4. The number of hydrogen-bond donors (Lipinski definition) is 0. The molecule has 0 fully saturated rings. The van der Waals surface area contributed by atoms with Crippen molar-refractivity contribution in [2.45, 2.75) is 10.8 Å². The van der Waals surface area contributed by atoms with Gasteiger partial charge >= 0.3 is 0 Å². The molecule has 0 radical (unpaired) electrons. The molecular weight excluding hydrogens is 887 g/mol. The van der Waals surface area contributed by atoms with Crippen LogP contribution in [0.2, 0.25) is 0 Å². The van der Waals surface area contributed by atoms with Gasteiger partial charge < -0.3 is 14.4 Å². The molecule has 0 saturated heterocycles. The highest BCUT2D eigenvalue weighted by Crippen LogP contribution is 2.66. The third-order valence-corrected chi connectivity index (χ3v) is 16.4. The SMILES string of the molecule is c1ccc2c(c1)Oc1ccccc1C21c2ccccc2-c2ccc(N(c3ccc(-c4ccc5c(ccc6ccccc65)c4)cc3)c3cccc4c3-c3ccccc3C43c4ccccc4Oc4ccccc43)cc21. The van der Waals surface area contributed by atoms with Gasteiger partial charge in [-0.15, -0.1) is 0 Å². The van der Waals surface area contributed by atoms with Gasteiger partial charge in [-0.3, -0.25) is 0 Å². The van der Waals surface area contributed by atoms with Gasteiger partial charge in [-0.2, -0.15) is 0 Å². The summed E-state index contributed by atoms with van der Waals surface area (Å²) in [5, 5.41) is 5.03. The van der Waals surface area contributed by atoms with Crippen LogP contribution in [0.1, 0.15) is 44.5 Å². The Morgan fingerprint density at radius 2 is 0.740 bits per heavy atom. The van der Waals surface area contributed by atoms with Crippen LogP contribution >= 0.6 is 0 Å². The molecule has 12 aromatic carbocycles. The van der Waals surface area contributed by atoms with Crippen molar-refractivity contribution >= 4 is 38.6 Å². The summed E-state index contributed by atoms with van der Waals surface area (Å²) in [6.07, 6.45) is 0. The van der Waals surface area contributed by atoms with E-state index in [2.05, 4.69) is 266 Å². The second-order valence-corrected chi connectivity index (χ2v) is 19.8. The van der Waals surface area contributed by atoms with Gasteiger partial charge in [0.05, 0.1) is 16.5 Å². The van der Waals surface area contributed by atoms with E-state index in [1.54, 1.807) is 0 Å². The Morgan fingerprint density at radius 3 is 1.40 bits per heavy atom. The normalized spacial score (nSPS) is 14.2. The number of benzene rings is 12. The van der Waals surface area contributed by atoms with E-state index in [1.165, 1.54) is 71.6 Å². The maximum Gasteiger partial charge on any atom is 0.132 e. The van der Waals surface area contributed by atoms with Crippen molar-refractivity contribution in [3.63, 3.8) is 0 Å². The number of hydrogen-bond acceptors (Lipinski definition) is 3. The minimum atomic E-state index is -0.630. The molecule has 2 aliphatic carbocycles. The molecule has 2 spiro atoms. The largest absolute Gasteiger partial charge is 0.457 e. The van der Waals surface area contributed by atoms with Crippen LogP contribution in [0.3, 0.4) is 0 Å². The monoisotopic (exact) mass is 929 g/mol. The molecule has 3 nitrogen and oxygen atoms in total. The summed E-state index contributed by atoms with van der Waals surface area (Å²) in [5.41, 5.74) is 18.8. The maximum absolute atomic E-state index is 6.77. The van der Waals surface area contributed by atoms with Gasteiger partial charge in [0.15, 0.2) is 0 Å². The summed E-state index contributed by atoms with van der Waals surface area (Å²) in [6.45, 7) is 0. The van der Waals surface area contributed by atoms with Crippen molar-refractivity contribution in [1.29, 1.82) is 0 Å². The van der Waals surface area contributed by atoms with Gasteiger partial charge in [0, 0.05) is 39.2 Å². The molecule has 0 unspecified atom stereocenters. The average Bonchev–Trinajstić information content (AvgIpc) is 3.91. The van der Waals surface area contributed by atoms with Crippen LogP contribution in [0.15, 0.2) is 261 Å². The first-order chi connectivity index (χ1) is 36.2. The Morgan fingerprint density at radius 1 is 0.274 bits per heavy atom. The topological polar surface area (TPSA) is 21.7 Å². The van der Waals surface area contributed by atoms with Crippen LogP contribution in [0.5, 0.6) is 23.0 Å². The molecule has 0 bridgehead atoms. The van der Waals surface area contributed by atoms with Gasteiger partial charge in [0.1, 0.15) is 23.0 Å². The molecule has 0 saturated carbocycles. The van der Waals surface area contributed by atoms with Gasteiger partial charge in [-0.25, -0.2) is 0 Å². The lowest BCUT2D eigenvalue weighted by molar-refractivity contribution is 0.436. The van der Waals surface area contributed by atoms with Gasteiger partial charge in [0.25, 0.3) is 0 Å². The molecule has 2 heterocycles. The van der Waals surface area contributed by atoms with Crippen LogP contribution in [0.25, 0.3) is 54.9 Å². The first-order valence-corrected chi connectivity index (χ1v) is 25.2. The smallest absolute Gasteiger partial charge is 0.132 e. The Labute approximate surface area is 423 Å². The Hall–Kier alpha value is -9.44. The second kappa shape index (κ2) is 15.0. The lowest BCUT2D eigenvalue weighted by Crippen LogP contribution is -2.32. The van der Waals surface area contributed by atoms with E-state index < -0.39 is 10.8 Å². The van der Waals surface area contributed by atoms with Crippen LogP contribution < -0.4 is 14.4 Å². The Kier molecular flexibility index (Phi) is 8.30. The van der Waals surface area contributed by atoms with Crippen LogP contribution in [-0.4, -0.2) is 0 Å². The summed E-state index contributed by atoms with van der Waals surface area (Å²) in [6, 6.07) is 95.8. The molecule has 0 atom stereocenters. The van der Waals surface area contributed by atoms with Crippen molar-refractivity contribution in [1.82, 2.24) is 0 Å². The highest BCUT2D eigenvalue weighted by molar-refractivity contribution is 6.08. The zero-order valence-corrected chi connectivity index (χ0v) is 39.6. The molecule has 0 aromatic heterocycles. The zero-order valence-electron chi connectivity index (χ0n) is 39.6. The quantitative estimate of drug-likeness (QED) is 0.164. The molecule has 2 aliphatic heterocycles. The number of nitrogens with zero attached hydrogens (tertiary/aromatic N) is 1. The Balaban J connectivity index is 0.955. The predicted octanol–water partition coefficient (Wildman–Crippen LogP) is 18.1. The zero-order chi connectivity index (χ0) is 47.8. The van der Waals surface area contributed by atoms with Crippen molar-refractivity contribution in [2.75, 3.05) is 4.90 Å². The highest BCUT2D eigenvalue weighted by atomic mass is 16.5. The molecule has 73 heavy (non-hydrogen) atoms. The summed E-state index contributed by atoms with van der Waals surface area (Å²) < 4.78 is 13.5. The molecular formula is C70H43NO2. The van der Waals surface area contributed by atoms with Crippen molar-refractivity contribution in [3.8, 4) is 56.4 Å². The Bertz CT molecular complexity index is 4210. The number of para-hydroxylation sites is 4. The molecule has 0 N–H and O–H groups in total. The van der Waals surface area contributed by atoms with Gasteiger partial charge in [-0.1, -0.05) is 200 Å². The standard InChI is InChI=1S/C70H43NO2/c1-2-17-50-45(16-1)32-33-47-42-46(36-40-51(47)50)44-34-37-48(38-35-44)71(49-39-41-53-52-18-3-5-20-55(52)70(62(53)43-49)59-24-9-13-30-66(59)73-67-31-14-10-25-60(67)70)63-27-15-26-61-68(63)54-19-4-6-21-56(54)69(61)57-22-7-11-28-64(57)72-65-29-12-8-23-58(65)69/h1-43H. The second-order valence-electron chi connectivity index (χ2n) is 19.8. The van der Waals surface area contributed by atoms with E-state index >= 15 is 0 Å². The summed E-state index contributed by atoms with van der Waals surface area (Å²) in [5.74, 6) is 3.51. The lowest BCUT2D eigenvalue weighted by Gasteiger charge is -2.40. The third-order valence-electron chi connectivity index (χ3n) is 16.4. The summed E-state index contributed by atoms with van der Waals surface area (Å²) in [4.78, 5) is 2.51. The summed E-state index contributed by atoms with van der Waals surface area (Å²) in [7, 11) is 0. The van der Waals surface area contributed by atoms with Crippen molar-refractivity contribution in [2.24, 2.45) is 0 Å². The van der Waals surface area contributed by atoms with E-state index in [9.17, 15) is 0 Å². The molecule has 4 aliphatic rings. The van der Waals surface area contributed by atoms with Crippen LogP contribution in [0, 0.1) is 0 Å². The molecule has 3 heteroatoms. The van der Waals surface area contributed by atoms with E-state index in [0.29, 0.717) is 0 Å². The summed E-state index contributed by atoms with van der Waals surface area (Å²) >= 11 is 0. The van der Waals surface area contributed by atoms with Crippen LogP contribution in [-0.2, 0) is 10.8 Å². The first-order valence-electron chi connectivity index (χ1n) is 25.2. The fourth-order valence-corrected chi connectivity index (χ4v) is 13.5. The molecule has 16 rings (SSSR count). The van der Waals surface area contributed by atoms with E-state index in [4.69, 9.17) is 9.47 Å². The number of ether oxygens (including phenoxy) is 2. The van der Waals surface area contributed by atoms with Crippen LogP contribution in [0.4, 0.5) is 17.1 Å². The third kappa shape index (κ3) is 5.38. The lowest BCUT2D eigenvalue weighted by atomic mass is 9.66. The van der Waals surface area contributed by atoms with Gasteiger partial charge in [-0.05, 0) is 132 Å². The van der Waals surface area contributed by atoms with E-state index in [1.807, 2.05) is 0 Å². The number of fused-ring (bicyclic) bond motifs is 21.